The third kappa shape index (κ3) is 2.55. The molecular weight excluding hydrogens is 300 g/mol. The van der Waals surface area contributed by atoms with Gasteiger partial charge in [-0.3, -0.25) is 4.79 Å². The number of benzene rings is 2. The Morgan fingerprint density at radius 3 is 2.55 bits per heavy atom. The van der Waals surface area contributed by atoms with E-state index in [0.717, 1.165) is 11.1 Å². The highest BCUT2D eigenvalue weighted by Crippen LogP contribution is 2.32. The molecular formula is C18H13ClO3. The molecule has 110 valence electrons. The summed E-state index contributed by atoms with van der Waals surface area (Å²) in [4.78, 5) is 23.8. The molecule has 0 aromatic heterocycles. The average Bonchev–Trinajstić information content (AvgIpc) is 2.85. The van der Waals surface area contributed by atoms with E-state index in [-0.39, 0.29) is 11.8 Å². The van der Waals surface area contributed by atoms with E-state index in [0.29, 0.717) is 28.1 Å². The van der Waals surface area contributed by atoms with Crippen molar-refractivity contribution in [3.63, 3.8) is 0 Å². The van der Waals surface area contributed by atoms with Gasteiger partial charge in [0.2, 0.25) is 0 Å². The number of carbonyl (C=O) groups excluding carboxylic acids is 2. The van der Waals surface area contributed by atoms with Gasteiger partial charge >= 0.3 is 5.97 Å². The summed E-state index contributed by atoms with van der Waals surface area (Å²) in [5.41, 5.74) is 3.60. The number of methoxy groups -OCH3 is 1. The van der Waals surface area contributed by atoms with Crippen molar-refractivity contribution < 1.29 is 14.3 Å². The van der Waals surface area contributed by atoms with Gasteiger partial charge in [-0.25, -0.2) is 4.79 Å². The van der Waals surface area contributed by atoms with E-state index in [4.69, 9.17) is 11.6 Å². The summed E-state index contributed by atoms with van der Waals surface area (Å²) < 4.78 is 4.66. The maximum atomic E-state index is 12.4. The summed E-state index contributed by atoms with van der Waals surface area (Å²) in [7, 11) is 1.34. The number of carbonyl (C=O) groups is 2. The molecule has 0 amide bonds. The number of Topliss-reactive ketones (excluding diaryl/α,β-unsaturated/α-hetero) is 1. The molecule has 0 aliphatic heterocycles. The molecule has 0 saturated carbocycles. The van der Waals surface area contributed by atoms with E-state index in [2.05, 4.69) is 4.74 Å². The number of hydrogen-bond acceptors (Lipinski definition) is 3. The fourth-order valence-corrected chi connectivity index (χ4v) is 2.79. The first kappa shape index (κ1) is 14.5. The summed E-state index contributed by atoms with van der Waals surface area (Å²) in [6.07, 6.45) is 2.37. The van der Waals surface area contributed by atoms with Crippen molar-refractivity contribution in [1.82, 2.24) is 0 Å². The minimum atomic E-state index is -0.379. The summed E-state index contributed by atoms with van der Waals surface area (Å²) in [6, 6.07) is 12.3. The molecule has 2 aromatic rings. The number of ether oxygens (including phenoxy) is 1. The van der Waals surface area contributed by atoms with Crippen molar-refractivity contribution in [3.05, 3.63) is 75.3 Å². The Morgan fingerprint density at radius 2 is 1.91 bits per heavy atom. The number of hydrogen-bond donors (Lipinski definition) is 0. The molecule has 3 nitrogen and oxygen atoms in total. The first-order valence-electron chi connectivity index (χ1n) is 6.81. The molecule has 0 heterocycles. The van der Waals surface area contributed by atoms with Gasteiger partial charge in [0.25, 0.3) is 0 Å². The zero-order chi connectivity index (χ0) is 15.7. The van der Waals surface area contributed by atoms with E-state index >= 15 is 0 Å². The third-order valence-electron chi connectivity index (χ3n) is 3.70. The van der Waals surface area contributed by atoms with Crippen molar-refractivity contribution in [3.8, 4) is 0 Å². The van der Waals surface area contributed by atoms with Crippen molar-refractivity contribution in [2.75, 3.05) is 7.11 Å². The Balaban J connectivity index is 1.90. The summed E-state index contributed by atoms with van der Waals surface area (Å²) in [5.74, 6) is -0.370. The Hall–Kier alpha value is -2.39. The second kappa shape index (κ2) is 5.78. The van der Waals surface area contributed by atoms with Crippen LogP contribution in [0.1, 0.15) is 31.8 Å². The minimum Gasteiger partial charge on any atom is -0.465 e. The zero-order valence-corrected chi connectivity index (χ0v) is 12.7. The monoisotopic (exact) mass is 312 g/mol. The molecule has 0 N–H and O–H groups in total. The van der Waals surface area contributed by atoms with E-state index in [1.165, 1.54) is 7.11 Å². The van der Waals surface area contributed by atoms with E-state index < -0.39 is 0 Å². The van der Waals surface area contributed by atoms with E-state index in [1.807, 2.05) is 6.08 Å². The molecule has 2 aromatic carbocycles. The van der Waals surface area contributed by atoms with Crippen LogP contribution in [0.3, 0.4) is 0 Å². The first-order chi connectivity index (χ1) is 10.6. The predicted molar refractivity (Wildman–Crippen MR) is 85.2 cm³/mol. The van der Waals surface area contributed by atoms with Crippen LogP contribution >= 0.6 is 11.6 Å². The number of ketones is 1. The lowest BCUT2D eigenvalue weighted by Gasteiger charge is -2.00. The topological polar surface area (TPSA) is 43.4 Å². The van der Waals surface area contributed by atoms with Gasteiger partial charge < -0.3 is 4.74 Å². The van der Waals surface area contributed by atoms with Crippen LogP contribution < -0.4 is 0 Å². The van der Waals surface area contributed by atoms with E-state index in [9.17, 15) is 9.59 Å². The lowest BCUT2D eigenvalue weighted by Crippen LogP contribution is -2.00. The lowest BCUT2D eigenvalue weighted by molar-refractivity contribution is 0.0600. The van der Waals surface area contributed by atoms with Crippen molar-refractivity contribution >= 4 is 29.4 Å². The normalized spacial score (nSPS) is 15.0. The Kier molecular flexibility index (Phi) is 3.82. The molecule has 1 aliphatic rings. The number of fused-ring (bicyclic) bond motifs is 1. The van der Waals surface area contributed by atoms with Gasteiger partial charge in [-0.2, -0.15) is 0 Å². The smallest absolute Gasteiger partial charge is 0.337 e. The minimum absolute atomic E-state index is 0.00884. The molecule has 3 rings (SSSR count). The molecule has 0 radical (unpaired) electrons. The Morgan fingerprint density at radius 1 is 1.18 bits per heavy atom. The van der Waals surface area contributed by atoms with Crippen LogP contribution in [0.25, 0.3) is 6.08 Å². The van der Waals surface area contributed by atoms with Crippen LogP contribution in [0.5, 0.6) is 0 Å². The van der Waals surface area contributed by atoms with Gasteiger partial charge in [0.1, 0.15) is 0 Å². The van der Waals surface area contributed by atoms with Gasteiger partial charge in [0.15, 0.2) is 5.78 Å². The maximum absolute atomic E-state index is 12.4. The largest absolute Gasteiger partial charge is 0.465 e. The summed E-state index contributed by atoms with van der Waals surface area (Å²) in [6.45, 7) is 0. The van der Waals surface area contributed by atoms with Gasteiger partial charge in [0.05, 0.1) is 12.7 Å². The number of halogens is 1. The number of esters is 1. The lowest BCUT2D eigenvalue weighted by atomic mass is 10.1. The second-order valence-corrected chi connectivity index (χ2v) is 5.46. The Bertz CT molecular complexity index is 788. The maximum Gasteiger partial charge on any atom is 0.337 e. The quantitative estimate of drug-likeness (QED) is 0.623. The number of rotatable bonds is 2. The van der Waals surface area contributed by atoms with E-state index in [1.54, 1.807) is 42.5 Å². The van der Waals surface area contributed by atoms with Crippen LogP contribution in [-0.4, -0.2) is 18.9 Å². The SMILES string of the molecule is COC(=O)c1ccc(/C=C2/Cc3c(Cl)cccc3C2=O)cc1. The van der Waals surface area contributed by atoms with Crippen LogP contribution in [0.4, 0.5) is 0 Å². The first-order valence-corrected chi connectivity index (χ1v) is 7.19. The molecule has 4 heteroatoms. The molecule has 1 aliphatic carbocycles. The van der Waals surface area contributed by atoms with Crippen LogP contribution in [-0.2, 0) is 11.2 Å². The van der Waals surface area contributed by atoms with Gasteiger partial charge in [-0.1, -0.05) is 35.9 Å². The van der Waals surface area contributed by atoms with Gasteiger partial charge in [0, 0.05) is 22.6 Å². The molecule has 0 atom stereocenters. The standard InChI is InChI=1S/C18H13ClO3/c1-22-18(21)12-7-5-11(6-8-12)9-13-10-15-14(17(13)20)3-2-4-16(15)19/h2-9H,10H2,1H3/b13-9-. The van der Waals surface area contributed by atoms with Crippen molar-refractivity contribution in [2.24, 2.45) is 0 Å². The highest BCUT2D eigenvalue weighted by atomic mass is 35.5. The molecule has 0 spiro atoms. The highest BCUT2D eigenvalue weighted by molar-refractivity contribution is 6.33. The molecule has 0 bridgehead atoms. The second-order valence-electron chi connectivity index (χ2n) is 5.06. The van der Waals surface area contributed by atoms with Crippen LogP contribution in [0.2, 0.25) is 5.02 Å². The number of allylic oxidation sites excluding steroid dienone is 1. The zero-order valence-electron chi connectivity index (χ0n) is 11.9. The molecule has 0 saturated heterocycles. The fourth-order valence-electron chi connectivity index (χ4n) is 2.55. The third-order valence-corrected chi connectivity index (χ3v) is 4.05. The van der Waals surface area contributed by atoms with Crippen LogP contribution in [0, 0.1) is 0 Å². The predicted octanol–water partition coefficient (Wildman–Crippen LogP) is 3.95. The summed E-state index contributed by atoms with van der Waals surface area (Å²) >= 11 is 6.14. The highest BCUT2D eigenvalue weighted by Gasteiger charge is 2.26. The van der Waals surface area contributed by atoms with Crippen molar-refractivity contribution in [1.29, 1.82) is 0 Å². The van der Waals surface area contributed by atoms with Gasteiger partial charge in [-0.05, 0) is 35.4 Å². The van der Waals surface area contributed by atoms with Crippen molar-refractivity contribution in [2.45, 2.75) is 6.42 Å². The molecule has 0 fully saturated rings. The van der Waals surface area contributed by atoms with Gasteiger partial charge in [-0.15, -0.1) is 0 Å². The Labute approximate surface area is 133 Å². The fraction of sp³-hybridized carbons (Fsp3) is 0.111. The average molecular weight is 313 g/mol. The molecule has 22 heavy (non-hydrogen) atoms. The molecule has 0 unspecified atom stereocenters. The summed E-state index contributed by atoms with van der Waals surface area (Å²) in [5, 5.41) is 0.621. The van der Waals surface area contributed by atoms with Crippen LogP contribution in [0.15, 0.2) is 48.0 Å².